The van der Waals surface area contributed by atoms with E-state index in [2.05, 4.69) is 104 Å². The van der Waals surface area contributed by atoms with Crippen LogP contribution < -0.4 is 5.32 Å². The molecule has 380 valence electrons. The van der Waals surface area contributed by atoms with Gasteiger partial charge in [0.15, 0.2) is 0 Å². The van der Waals surface area contributed by atoms with Gasteiger partial charge >= 0.3 is 0 Å². The molecule has 0 aromatic carbocycles. The summed E-state index contributed by atoms with van der Waals surface area (Å²) in [6.45, 7) is 4.18. The fourth-order valence-electron chi connectivity index (χ4n) is 8.24. The molecule has 0 aliphatic carbocycles. The lowest BCUT2D eigenvalue weighted by Gasteiger charge is -2.19. The van der Waals surface area contributed by atoms with Crippen LogP contribution in [0.15, 0.2) is 97.2 Å². The molecule has 3 N–H and O–H groups in total. The van der Waals surface area contributed by atoms with Gasteiger partial charge in [-0.2, -0.15) is 0 Å². The summed E-state index contributed by atoms with van der Waals surface area (Å²) in [7, 11) is 0. The largest absolute Gasteiger partial charge is 0.394 e. The van der Waals surface area contributed by atoms with Crippen molar-refractivity contribution in [3.8, 4) is 0 Å². The zero-order valence-electron chi connectivity index (χ0n) is 43.7. The second-order valence-electron chi connectivity index (χ2n) is 19.0. The van der Waals surface area contributed by atoms with Gasteiger partial charge in [0.2, 0.25) is 5.91 Å². The van der Waals surface area contributed by atoms with Crippen molar-refractivity contribution in [3.05, 3.63) is 97.2 Å². The maximum Gasteiger partial charge on any atom is 0.220 e. The quantitative estimate of drug-likeness (QED) is 0.0421. The molecular formula is C62H109NO3. The van der Waals surface area contributed by atoms with Crippen molar-refractivity contribution in [2.75, 3.05) is 6.61 Å². The molecule has 0 fully saturated rings. The third kappa shape index (κ3) is 52.3. The molecule has 0 saturated heterocycles. The molecule has 0 spiro atoms. The normalized spacial score (nSPS) is 13.6. The lowest BCUT2D eigenvalue weighted by atomic mass is 10.0. The van der Waals surface area contributed by atoms with Crippen LogP contribution in [0.3, 0.4) is 0 Å². The molecule has 4 heteroatoms. The van der Waals surface area contributed by atoms with Crippen LogP contribution in [0.4, 0.5) is 0 Å². The molecule has 0 aliphatic heterocycles. The third-order valence-electron chi connectivity index (χ3n) is 12.5. The molecule has 0 saturated carbocycles. The molecular weight excluding hydrogens is 807 g/mol. The summed E-state index contributed by atoms with van der Waals surface area (Å²) in [6, 6.07) is -0.664. The SMILES string of the molecule is CC/C=C\C/C=C\C/C=C\C/C=C\C/C=C\CCCCCCCC(=O)NC(CO)C(O)/C=C/CC/C=C/CC/C=C/CCCCCCCCCCCCCCCCCCCCCCCCC. The number of rotatable bonds is 51. The van der Waals surface area contributed by atoms with Crippen molar-refractivity contribution in [1.82, 2.24) is 5.32 Å². The summed E-state index contributed by atoms with van der Waals surface area (Å²) in [6.07, 6.45) is 84.4. The smallest absolute Gasteiger partial charge is 0.220 e. The Morgan fingerprint density at radius 3 is 1.06 bits per heavy atom. The molecule has 0 aromatic rings. The summed E-state index contributed by atoms with van der Waals surface area (Å²) in [5, 5.41) is 23.1. The van der Waals surface area contributed by atoms with Gasteiger partial charge in [-0.25, -0.2) is 0 Å². The van der Waals surface area contributed by atoms with E-state index in [-0.39, 0.29) is 12.5 Å². The highest BCUT2D eigenvalue weighted by atomic mass is 16.3. The summed E-state index contributed by atoms with van der Waals surface area (Å²) < 4.78 is 0. The average molecular weight is 917 g/mol. The Labute approximate surface area is 411 Å². The van der Waals surface area contributed by atoms with Crippen molar-refractivity contribution in [2.45, 2.75) is 283 Å². The van der Waals surface area contributed by atoms with Crippen molar-refractivity contribution < 1.29 is 15.0 Å². The van der Waals surface area contributed by atoms with E-state index in [9.17, 15) is 15.0 Å². The predicted octanol–water partition coefficient (Wildman–Crippen LogP) is 18.9. The molecule has 0 aromatic heterocycles. The van der Waals surface area contributed by atoms with E-state index in [1.807, 2.05) is 6.08 Å². The van der Waals surface area contributed by atoms with E-state index in [1.165, 1.54) is 167 Å². The van der Waals surface area contributed by atoms with E-state index in [0.29, 0.717) is 6.42 Å². The number of aliphatic hydroxyl groups is 2. The van der Waals surface area contributed by atoms with Gasteiger partial charge in [0, 0.05) is 6.42 Å². The van der Waals surface area contributed by atoms with E-state index in [0.717, 1.165) is 83.5 Å². The first-order chi connectivity index (χ1) is 32.7. The first-order valence-electron chi connectivity index (χ1n) is 28.5. The van der Waals surface area contributed by atoms with Crippen LogP contribution in [0.2, 0.25) is 0 Å². The Hall–Kier alpha value is -2.69. The molecule has 1 amide bonds. The van der Waals surface area contributed by atoms with Crippen LogP contribution in [0.5, 0.6) is 0 Å². The van der Waals surface area contributed by atoms with Crippen LogP contribution in [0.1, 0.15) is 271 Å². The Bertz CT molecular complexity index is 1220. The molecule has 2 unspecified atom stereocenters. The summed E-state index contributed by atoms with van der Waals surface area (Å²) >= 11 is 0. The molecule has 0 rings (SSSR count). The molecule has 4 nitrogen and oxygen atoms in total. The van der Waals surface area contributed by atoms with E-state index < -0.39 is 12.1 Å². The summed E-state index contributed by atoms with van der Waals surface area (Å²) in [4.78, 5) is 12.4. The molecule has 0 heterocycles. The Kier molecular flexibility index (Phi) is 54.3. The number of amides is 1. The third-order valence-corrected chi connectivity index (χ3v) is 12.5. The first-order valence-corrected chi connectivity index (χ1v) is 28.5. The molecule has 2 atom stereocenters. The van der Waals surface area contributed by atoms with Crippen molar-refractivity contribution in [1.29, 1.82) is 0 Å². The number of hydrogen-bond acceptors (Lipinski definition) is 3. The van der Waals surface area contributed by atoms with Gasteiger partial charge in [0.1, 0.15) is 0 Å². The van der Waals surface area contributed by atoms with Crippen molar-refractivity contribution in [3.63, 3.8) is 0 Å². The number of hydrogen-bond donors (Lipinski definition) is 3. The molecule has 0 bridgehead atoms. The number of carbonyl (C=O) groups is 1. The minimum absolute atomic E-state index is 0.0987. The zero-order valence-corrected chi connectivity index (χ0v) is 43.7. The van der Waals surface area contributed by atoms with Crippen LogP contribution in [-0.2, 0) is 4.79 Å². The number of aliphatic hydroxyl groups excluding tert-OH is 2. The Morgan fingerprint density at radius 1 is 0.379 bits per heavy atom. The van der Waals surface area contributed by atoms with Crippen LogP contribution in [-0.4, -0.2) is 34.9 Å². The molecule has 0 radical (unpaired) electrons. The minimum Gasteiger partial charge on any atom is -0.394 e. The number of unbranched alkanes of at least 4 members (excludes halogenated alkanes) is 30. The number of allylic oxidation sites excluding steroid dienone is 15. The van der Waals surface area contributed by atoms with Crippen LogP contribution in [0.25, 0.3) is 0 Å². The van der Waals surface area contributed by atoms with Gasteiger partial charge in [-0.05, 0) is 89.9 Å². The van der Waals surface area contributed by atoms with Gasteiger partial charge in [-0.1, -0.05) is 272 Å². The average Bonchev–Trinajstić information content (AvgIpc) is 3.32. The maximum absolute atomic E-state index is 12.4. The Balaban J connectivity index is 3.60. The zero-order chi connectivity index (χ0) is 47.7. The van der Waals surface area contributed by atoms with Gasteiger partial charge < -0.3 is 15.5 Å². The second kappa shape index (κ2) is 56.6. The van der Waals surface area contributed by atoms with Gasteiger partial charge in [0.25, 0.3) is 0 Å². The van der Waals surface area contributed by atoms with Gasteiger partial charge in [0.05, 0.1) is 18.8 Å². The highest BCUT2D eigenvalue weighted by Gasteiger charge is 2.17. The number of carbonyl (C=O) groups excluding carboxylic acids is 1. The van der Waals surface area contributed by atoms with Gasteiger partial charge in [-0.3, -0.25) is 4.79 Å². The summed E-state index contributed by atoms with van der Waals surface area (Å²) in [5.41, 5.74) is 0. The fraction of sp³-hybridized carbons (Fsp3) is 0.726. The number of nitrogens with one attached hydrogen (secondary N) is 1. The lowest BCUT2D eigenvalue weighted by Crippen LogP contribution is -2.45. The van der Waals surface area contributed by atoms with E-state index in [1.54, 1.807) is 6.08 Å². The maximum atomic E-state index is 12.4. The van der Waals surface area contributed by atoms with Crippen molar-refractivity contribution >= 4 is 5.91 Å². The van der Waals surface area contributed by atoms with Crippen LogP contribution >= 0.6 is 0 Å². The predicted molar refractivity (Wildman–Crippen MR) is 294 cm³/mol. The van der Waals surface area contributed by atoms with Crippen LogP contribution in [0, 0.1) is 0 Å². The minimum atomic E-state index is -0.887. The monoisotopic (exact) mass is 916 g/mol. The fourth-order valence-corrected chi connectivity index (χ4v) is 8.24. The first kappa shape index (κ1) is 63.3. The highest BCUT2D eigenvalue weighted by molar-refractivity contribution is 5.76. The molecule has 0 aliphatic rings. The second-order valence-corrected chi connectivity index (χ2v) is 19.0. The van der Waals surface area contributed by atoms with E-state index in [4.69, 9.17) is 0 Å². The van der Waals surface area contributed by atoms with E-state index >= 15 is 0 Å². The standard InChI is InChI=1S/C62H109NO3/c1-3-5-7-9-11-13-15-17-19-21-23-25-26-27-28-29-30-31-32-33-34-35-36-38-39-41-43-45-47-49-51-53-55-57-61(65)60(59-64)63-62(66)58-56-54-52-50-48-46-44-42-40-37-24-22-20-18-16-14-12-10-8-6-4-2/h6,8,12,14,18,20,24,37,39,41-42,44,47,49,55,57,60-61,64-65H,3-5,7,9-11,13,15-17,19,21-23,25-36,38,40,43,45-46,48,50-54,56,58-59H2,1-2H3,(H,63,66)/b8-6-,14-12-,20-18-,37-24-,41-39+,44-42-,49-47+,57-55+. The Morgan fingerprint density at radius 2 is 0.682 bits per heavy atom. The topological polar surface area (TPSA) is 69.6 Å². The van der Waals surface area contributed by atoms with Gasteiger partial charge in [-0.15, -0.1) is 0 Å². The van der Waals surface area contributed by atoms with Crippen molar-refractivity contribution in [2.24, 2.45) is 0 Å². The summed E-state index contributed by atoms with van der Waals surface area (Å²) in [5.74, 6) is -0.0987. The molecule has 66 heavy (non-hydrogen) atoms. The lowest BCUT2D eigenvalue weighted by molar-refractivity contribution is -0.123. The highest BCUT2D eigenvalue weighted by Crippen LogP contribution is 2.16.